The average Bonchev–Trinajstić information content (AvgIpc) is 3.31. The Labute approximate surface area is 122 Å². The summed E-state index contributed by atoms with van der Waals surface area (Å²) in [7, 11) is 0. The molecular formula is C15H16ClNO3. The van der Waals surface area contributed by atoms with Gasteiger partial charge in [-0.2, -0.15) is 0 Å². The first-order valence-corrected chi connectivity index (χ1v) is 7.15. The molecule has 2 aliphatic carbocycles. The van der Waals surface area contributed by atoms with Crippen molar-refractivity contribution in [3.63, 3.8) is 0 Å². The molecule has 106 valence electrons. The van der Waals surface area contributed by atoms with E-state index in [1.165, 1.54) is 0 Å². The number of halogens is 1. The zero-order valence-corrected chi connectivity index (χ0v) is 11.7. The average molecular weight is 294 g/mol. The minimum absolute atomic E-state index is 0.109. The Balaban J connectivity index is 1.69. The quantitative estimate of drug-likeness (QED) is 0.819. The van der Waals surface area contributed by atoms with E-state index in [1.807, 2.05) is 24.3 Å². The van der Waals surface area contributed by atoms with Crippen LogP contribution in [0.3, 0.4) is 0 Å². The summed E-state index contributed by atoms with van der Waals surface area (Å²) in [6.07, 6.45) is 2.81. The molecule has 3 rings (SSSR count). The van der Waals surface area contributed by atoms with Crippen LogP contribution in [0.2, 0.25) is 5.02 Å². The molecule has 1 aromatic rings. The second-order valence-electron chi connectivity index (χ2n) is 5.83. The molecule has 0 heterocycles. The minimum Gasteiger partial charge on any atom is -0.480 e. The first-order valence-electron chi connectivity index (χ1n) is 6.77. The monoisotopic (exact) mass is 293 g/mol. The zero-order valence-electron chi connectivity index (χ0n) is 11.0. The molecule has 0 spiro atoms. The van der Waals surface area contributed by atoms with Crippen LogP contribution < -0.4 is 5.32 Å². The van der Waals surface area contributed by atoms with Crippen LogP contribution in [-0.2, 0) is 15.0 Å². The van der Waals surface area contributed by atoms with E-state index < -0.39 is 11.4 Å². The third-order valence-corrected chi connectivity index (χ3v) is 4.81. The van der Waals surface area contributed by atoms with E-state index in [9.17, 15) is 9.59 Å². The number of carboxylic acids is 1. The van der Waals surface area contributed by atoms with Crippen LogP contribution in [0.25, 0.3) is 0 Å². The lowest BCUT2D eigenvalue weighted by molar-refractivity contribution is -0.149. The Morgan fingerprint density at radius 1 is 1.20 bits per heavy atom. The molecule has 1 aromatic carbocycles. The standard InChI is InChI=1S/C15H16ClNO3/c16-11-4-2-1-3-10(11)14(5-6-14)9-17-12(18)15(7-8-15)13(19)20/h1-4H,5-9H2,(H,17,18)(H,19,20). The van der Waals surface area contributed by atoms with Gasteiger partial charge >= 0.3 is 5.97 Å². The predicted octanol–water partition coefficient (Wildman–Crippen LogP) is 2.35. The van der Waals surface area contributed by atoms with E-state index in [1.54, 1.807) is 0 Å². The van der Waals surface area contributed by atoms with Crippen molar-refractivity contribution in [1.82, 2.24) is 5.32 Å². The summed E-state index contributed by atoms with van der Waals surface area (Å²) in [4.78, 5) is 23.1. The lowest BCUT2D eigenvalue weighted by atomic mass is 9.95. The van der Waals surface area contributed by atoms with Gasteiger partial charge in [-0.1, -0.05) is 29.8 Å². The van der Waals surface area contributed by atoms with Gasteiger partial charge in [-0.25, -0.2) is 0 Å². The van der Waals surface area contributed by atoms with Gasteiger partial charge in [-0.15, -0.1) is 0 Å². The molecule has 5 heteroatoms. The Bertz CT molecular complexity index is 576. The summed E-state index contributed by atoms with van der Waals surface area (Å²) in [5.41, 5.74) is -0.235. The maximum atomic E-state index is 12.0. The summed E-state index contributed by atoms with van der Waals surface area (Å²) in [5.74, 6) is -1.37. The van der Waals surface area contributed by atoms with E-state index in [0.29, 0.717) is 24.4 Å². The maximum Gasteiger partial charge on any atom is 0.319 e. The van der Waals surface area contributed by atoms with E-state index in [2.05, 4.69) is 5.32 Å². The van der Waals surface area contributed by atoms with Gasteiger partial charge < -0.3 is 10.4 Å². The van der Waals surface area contributed by atoms with Crippen molar-refractivity contribution in [2.75, 3.05) is 6.54 Å². The Hall–Kier alpha value is -1.55. The number of carbonyl (C=O) groups excluding carboxylic acids is 1. The highest BCUT2D eigenvalue weighted by Crippen LogP contribution is 2.51. The molecule has 4 nitrogen and oxygen atoms in total. The van der Waals surface area contributed by atoms with E-state index in [-0.39, 0.29) is 11.3 Å². The molecule has 0 atom stereocenters. The molecule has 20 heavy (non-hydrogen) atoms. The molecule has 0 aliphatic heterocycles. The Morgan fingerprint density at radius 3 is 2.35 bits per heavy atom. The summed E-state index contributed by atoms with van der Waals surface area (Å²) >= 11 is 6.21. The fraction of sp³-hybridized carbons (Fsp3) is 0.467. The lowest BCUT2D eigenvalue weighted by Crippen LogP contribution is -2.40. The SMILES string of the molecule is O=C(O)C1(C(=O)NCC2(c3ccccc3Cl)CC2)CC1. The van der Waals surface area contributed by atoms with Gasteiger partial charge in [0.05, 0.1) is 0 Å². The number of hydrogen-bond acceptors (Lipinski definition) is 2. The first-order chi connectivity index (χ1) is 9.50. The molecule has 0 bridgehead atoms. The van der Waals surface area contributed by atoms with Gasteiger partial charge in [0.1, 0.15) is 5.41 Å². The molecule has 2 N–H and O–H groups in total. The van der Waals surface area contributed by atoms with E-state index in [0.717, 1.165) is 18.4 Å². The maximum absolute atomic E-state index is 12.0. The molecule has 0 unspecified atom stereocenters. The minimum atomic E-state index is -1.17. The zero-order chi connectivity index (χ0) is 14.4. The number of carboxylic acid groups (broad SMARTS) is 1. The Morgan fingerprint density at radius 2 is 1.85 bits per heavy atom. The molecule has 2 saturated carbocycles. The molecular weight excluding hydrogens is 278 g/mol. The summed E-state index contributed by atoms with van der Waals surface area (Å²) in [6.45, 7) is 0.463. The fourth-order valence-corrected chi connectivity index (χ4v) is 3.00. The van der Waals surface area contributed by atoms with Crippen molar-refractivity contribution < 1.29 is 14.7 Å². The van der Waals surface area contributed by atoms with Crippen molar-refractivity contribution in [2.24, 2.45) is 5.41 Å². The molecule has 2 aliphatic rings. The molecule has 2 fully saturated rings. The van der Waals surface area contributed by atoms with Crippen LogP contribution in [0.1, 0.15) is 31.2 Å². The van der Waals surface area contributed by atoms with E-state index in [4.69, 9.17) is 16.7 Å². The van der Waals surface area contributed by atoms with Crippen molar-refractivity contribution in [2.45, 2.75) is 31.1 Å². The number of carbonyl (C=O) groups is 2. The van der Waals surface area contributed by atoms with Crippen LogP contribution >= 0.6 is 11.6 Å². The van der Waals surface area contributed by atoms with Gasteiger partial charge in [0.25, 0.3) is 0 Å². The highest BCUT2D eigenvalue weighted by Gasteiger charge is 2.57. The highest BCUT2D eigenvalue weighted by atomic mass is 35.5. The van der Waals surface area contributed by atoms with Crippen LogP contribution in [0, 0.1) is 5.41 Å². The topological polar surface area (TPSA) is 66.4 Å². The van der Waals surface area contributed by atoms with Gasteiger partial charge in [-0.3, -0.25) is 9.59 Å². The van der Waals surface area contributed by atoms with Crippen LogP contribution in [-0.4, -0.2) is 23.5 Å². The molecule has 0 aromatic heterocycles. The first kappa shape index (κ1) is 13.4. The van der Waals surface area contributed by atoms with Gasteiger partial charge in [-0.05, 0) is 37.3 Å². The number of aliphatic carboxylic acids is 1. The second kappa shape index (κ2) is 4.48. The van der Waals surface area contributed by atoms with Crippen LogP contribution in [0.15, 0.2) is 24.3 Å². The second-order valence-corrected chi connectivity index (χ2v) is 6.24. The van der Waals surface area contributed by atoms with Crippen molar-refractivity contribution in [3.8, 4) is 0 Å². The molecule has 0 radical (unpaired) electrons. The van der Waals surface area contributed by atoms with Gasteiger partial charge in [0, 0.05) is 17.0 Å². The normalized spacial score (nSPS) is 21.1. The summed E-state index contributed by atoms with van der Waals surface area (Å²) in [5, 5.41) is 12.6. The smallest absolute Gasteiger partial charge is 0.319 e. The van der Waals surface area contributed by atoms with E-state index >= 15 is 0 Å². The lowest BCUT2D eigenvalue weighted by Gasteiger charge is -2.19. The highest BCUT2D eigenvalue weighted by molar-refractivity contribution is 6.31. The fourth-order valence-electron chi connectivity index (χ4n) is 2.67. The molecule has 1 amide bonds. The van der Waals surface area contributed by atoms with Crippen molar-refractivity contribution >= 4 is 23.5 Å². The van der Waals surface area contributed by atoms with Crippen molar-refractivity contribution in [3.05, 3.63) is 34.9 Å². The molecule has 0 saturated heterocycles. The third kappa shape index (κ3) is 2.08. The number of benzene rings is 1. The number of nitrogens with one attached hydrogen (secondary N) is 1. The number of hydrogen-bond donors (Lipinski definition) is 2. The summed E-state index contributed by atoms with van der Waals surface area (Å²) < 4.78 is 0. The number of rotatable bonds is 5. The third-order valence-electron chi connectivity index (χ3n) is 4.48. The largest absolute Gasteiger partial charge is 0.480 e. The van der Waals surface area contributed by atoms with Gasteiger partial charge in [0.15, 0.2) is 0 Å². The Kier molecular flexibility index (Phi) is 3.01. The van der Waals surface area contributed by atoms with Crippen LogP contribution in [0.4, 0.5) is 0 Å². The number of amides is 1. The summed E-state index contributed by atoms with van der Waals surface area (Å²) in [6, 6.07) is 7.64. The van der Waals surface area contributed by atoms with Gasteiger partial charge in [0.2, 0.25) is 5.91 Å². The predicted molar refractivity (Wildman–Crippen MR) is 74.7 cm³/mol. The van der Waals surface area contributed by atoms with Crippen molar-refractivity contribution in [1.29, 1.82) is 0 Å². The van der Waals surface area contributed by atoms with Crippen LogP contribution in [0.5, 0.6) is 0 Å².